The summed E-state index contributed by atoms with van der Waals surface area (Å²) in [5.41, 5.74) is 1.18. The molecule has 1 aliphatic carbocycles. The fourth-order valence-corrected chi connectivity index (χ4v) is 2.49. The van der Waals surface area contributed by atoms with E-state index in [-0.39, 0.29) is 12.2 Å². The lowest BCUT2D eigenvalue weighted by Crippen LogP contribution is -2.61. The highest BCUT2D eigenvalue weighted by atomic mass is 16.5. The van der Waals surface area contributed by atoms with Crippen LogP contribution in [0.3, 0.4) is 0 Å². The van der Waals surface area contributed by atoms with E-state index < -0.39 is 0 Å². The number of para-hydroxylation sites is 1. The molecule has 1 N–H and O–H groups in total. The minimum atomic E-state index is 0.176. The first-order valence-electron chi connectivity index (χ1n) is 7.33. The molecule has 0 amide bonds. The molecule has 0 saturated heterocycles. The molecule has 106 valence electrons. The van der Waals surface area contributed by atoms with Gasteiger partial charge in [-0.05, 0) is 38.4 Å². The van der Waals surface area contributed by atoms with Crippen LogP contribution in [0.1, 0.15) is 32.3 Å². The van der Waals surface area contributed by atoms with Crippen molar-refractivity contribution in [3.05, 3.63) is 29.8 Å². The van der Waals surface area contributed by atoms with Gasteiger partial charge < -0.3 is 14.8 Å². The molecule has 3 nitrogen and oxygen atoms in total. The van der Waals surface area contributed by atoms with Gasteiger partial charge in [-0.1, -0.05) is 25.1 Å². The third kappa shape index (κ3) is 3.48. The van der Waals surface area contributed by atoms with Crippen molar-refractivity contribution in [1.29, 1.82) is 0 Å². The molecule has 0 aromatic heterocycles. The molecule has 1 saturated carbocycles. The molecule has 0 aliphatic heterocycles. The van der Waals surface area contributed by atoms with Gasteiger partial charge in [0.1, 0.15) is 18.0 Å². The van der Waals surface area contributed by atoms with Crippen LogP contribution >= 0.6 is 0 Å². The number of ether oxygens (including phenoxy) is 2. The molecule has 0 spiro atoms. The van der Waals surface area contributed by atoms with Crippen LogP contribution in [-0.4, -0.2) is 31.4 Å². The zero-order valence-electron chi connectivity index (χ0n) is 12.2. The summed E-state index contributed by atoms with van der Waals surface area (Å²) in [5.74, 6) is 0.978. The van der Waals surface area contributed by atoms with E-state index in [1.165, 1.54) is 5.56 Å². The zero-order chi connectivity index (χ0) is 13.7. The molecule has 1 aliphatic rings. The number of hydrogen-bond acceptors (Lipinski definition) is 3. The average molecular weight is 263 g/mol. The summed E-state index contributed by atoms with van der Waals surface area (Å²) in [6.07, 6.45) is 2.53. The second-order valence-electron chi connectivity index (χ2n) is 5.14. The van der Waals surface area contributed by atoms with Crippen LogP contribution in [0.5, 0.6) is 5.75 Å². The van der Waals surface area contributed by atoms with Crippen molar-refractivity contribution < 1.29 is 9.47 Å². The van der Waals surface area contributed by atoms with Crippen LogP contribution in [0.25, 0.3) is 0 Å². The SMILES string of the molecule is CCCNC1CC(Oc2ccccc2C)C1OCC. The molecule has 3 atom stereocenters. The molecular weight excluding hydrogens is 238 g/mol. The molecule has 1 fully saturated rings. The summed E-state index contributed by atoms with van der Waals surface area (Å²) in [4.78, 5) is 0. The minimum absolute atomic E-state index is 0.176. The molecule has 0 radical (unpaired) electrons. The lowest BCUT2D eigenvalue weighted by atomic mass is 9.85. The second-order valence-corrected chi connectivity index (χ2v) is 5.14. The number of hydrogen-bond donors (Lipinski definition) is 1. The van der Waals surface area contributed by atoms with Crippen molar-refractivity contribution in [1.82, 2.24) is 5.32 Å². The third-order valence-electron chi connectivity index (χ3n) is 3.64. The van der Waals surface area contributed by atoms with E-state index in [1.54, 1.807) is 0 Å². The Bertz CT molecular complexity index is 394. The Hall–Kier alpha value is -1.06. The molecule has 1 aromatic carbocycles. The van der Waals surface area contributed by atoms with E-state index in [9.17, 15) is 0 Å². The van der Waals surface area contributed by atoms with E-state index in [4.69, 9.17) is 9.47 Å². The Morgan fingerprint density at radius 1 is 1.26 bits per heavy atom. The summed E-state index contributed by atoms with van der Waals surface area (Å²) in [6.45, 7) is 8.09. The quantitative estimate of drug-likeness (QED) is 0.820. The summed E-state index contributed by atoms with van der Waals surface area (Å²) in [7, 11) is 0. The first-order valence-corrected chi connectivity index (χ1v) is 7.33. The maximum Gasteiger partial charge on any atom is 0.128 e. The van der Waals surface area contributed by atoms with Gasteiger partial charge in [-0.3, -0.25) is 0 Å². The largest absolute Gasteiger partial charge is 0.487 e. The fourth-order valence-electron chi connectivity index (χ4n) is 2.49. The maximum absolute atomic E-state index is 6.09. The monoisotopic (exact) mass is 263 g/mol. The highest BCUT2D eigenvalue weighted by molar-refractivity contribution is 5.32. The molecular formula is C16H25NO2. The highest BCUT2D eigenvalue weighted by Gasteiger charge is 2.43. The van der Waals surface area contributed by atoms with Crippen LogP contribution in [0.15, 0.2) is 24.3 Å². The van der Waals surface area contributed by atoms with Gasteiger partial charge >= 0.3 is 0 Å². The second kappa shape index (κ2) is 6.92. The molecule has 19 heavy (non-hydrogen) atoms. The maximum atomic E-state index is 6.09. The molecule has 2 rings (SSSR count). The van der Waals surface area contributed by atoms with Crippen LogP contribution in [0.4, 0.5) is 0 Å². The standard InChI is InChI=1S/C16H25NO2/c1-4-10-17-13-11-15(16(13)18-5-2)19-14-9-7-6-8-12(14)3/h6-9,13,15-17H,4-5,10-11H2,1-3H3. The van der Waals surface area contributed by atoms with Crippen LogP contribution in [0, 0.1) is 6.92 Å². The van der Waals surface area contributed by atoms with Crippen molar-refractivity contribution in [2.75, 3.05) is 13.2 Å². The van der Waals surface area contributed by atoms with E-state index >= 15 is 0 Å². The van der Waals surface area contributed by atoms with Gasteiger partial charge in [0, 0.05) is 19.1 Å². The molecule has 0 bridgehead atoms. The topological polar surface area (TPSA) is 30.5 Å². The van der Waals surface area contributed by atoms with Gasteiger partial charge in [0.15, 0.2) is 0 Å². The zero-order valence-corrected chi connectivity index (χ0v) is 12.2. The number of aryl methyl sites for hydroxylation is 1. The Morgan fingerprint density at radius 3 is 2.74 bits per heavy atom. The number of benzene rings is 1. The fraction of sp³-hybridized carbons (Fsp3) is 0.625. The van der Waals surface area contributed by atoms with Crippen molar-refractivity contribution in [2.24, 2.45) is 0 Å². The van der Waals surface area contributed by atoms with Crippen LogP contribution < -0.4 is 10.1 Å². The van der Waals surface area contributed by atoms with E-state index in [0.717, 1.165) is 31.7 Å². The van der Waals surface area contributed by atoms with E-state index in [1.807, 2.05) is 25.1 Å². The van der Waals surface area contributed by atoms with Gasteiger partial charge in [0.05, 0.1) is 0 Å². The first-order chi connectivity index (χ1) is 9.26. The summed E-state index contributed by atoms with van der Waals surface area (Å²) in [5, 5.41) is 3.53. The van der Waals surface area contributed by atoms with Gasteiger partial charge in [-0.15, -0.1) is 0 Å². The summed E-state index contributed by atoms with van der Waals surface area (Å²) < 4.78 is 11.9. The first kappa shape index (κ1) is 14.4. The highest BCUT2D eigenvalue weighted by Crippen LogP contribution is 2.30. The molecule has 3 unspecified atom stereocenters. The smallest absolute Gasteiger partial charge is 0.128 e. The van der Waals surface area contributed by atoms with Gasteiger partial charge in [-0.25, -0.2) is 0 Å². The minimum Gasteiger partial charge on any atom is -0.487 e. The third-order valence-corrected chi connectivity index (χ3v) is 3.64. The lowest BCUT2D eigenvalue weighted by molar-refractivity contribution is -0.104. The Labute approximate surface area is 116 Å². The van der Waals surface area contributed by atoms with Crippen molar-refractivity contribution in [2.45, 2.75) is 51.9 Å². The predicted octanol–water partition coefficient (Wildman–Crippen LogP) is 2.92. The average Bonchev–Trinajstić information content (AvgIpc) is 2.41. The Balaban J connectivity index is 1.92. The molecule has 1 aromatic rings. The van der Waals surface area contributed by atoms with Crippen LogP contribution in [-0.2, 0) is 4.74 Å². The Kier molecular flexibility index (Phi) is 5.23. The van der Waals surface area contributed by atoms with E-state index in [0.29, 0.717) is 6.04 Å². The van der Waals surface area contributed by atoms with Gasteiger partial charge in [0.2, 0.25) is 0 Å². The van der Waals surface area contributed by atoms with Gasteiger partial charge in [-0.2, -0.15) is 0 Å². The molecule has 3 heteroatoms. The predicted molar refractivity (Wildman–Crippen MR) is 77.7 cm³/mol. The van der Waals surface area contributed by atoms with Crippen molar-refractivity contribution in [3.8, 4) is 5.75 Å². The van der Waals surface area contributed by atoms with Crippen LogP contribution in [0.2, 0.25) is 0 Å². The van der Waals surface area contributed by atoms with Crippen molar-refractivity contribution in [3.63, 3.8) is 0 Å². The van der Waals surface area contributed by atoms with E-state index in [2.05, 4.69) is 25.2 Å². The normalized spacial score (nSPS) is 25.9. The van der Waals surface area contributed by atoms with Crippen molar-refractivity contribution >= 4 is 0 Å². The van der Waals surface area contributed by atoms with Gasteiger partial charge in [0.25, 0.3) is 0 Å². The summed E-state index contributed by atoms with van der Waals surface area (Å²) in [6, 6.07) is 8.61. The number of rotatable bonds is 7. The molecule has 0 heterocycles. The summed E-state index contributed by atoms with van der Waals surface area (Å²) >= 11 is 0. The Morgan fingerprint density at radius 2 is 2.05 bits per heavy atom. The lowest BCUT2D eigenvalue weighted by Gasteiger charge is -2.44. The number of nitrogens with one attached hydrogen (secondary N) is 1.